The summed E-state index contributed by atoms with van der Waals surface area (Å²) in [6.07, 6.45) is 8.50. The lowest BCUT2D eigenvalue weighted by Gasteiger charge is -2.10. The van der Waals surface area contributed by atoms with Crippen LogP contribution in [0.25, 0.3) is 11.4 Å². The zero-order chi connectivity index (χ0) is 15.5. The van der Waals surface area contributed by atoms with E-state index in [0.717, 1.165) is 29.9 Å². The SMILES string of the molecule is CCc1c(O)c(O)n(CCCn2ccnc2)c1-c1ccn[nH]1. The Bertz CT molecular complexity index is 729. The molecule has 0 bridgehead atoms. The Morgan fingerprint density at radius 2 is 2.09 bits per heavy atom. The Labute approximate surface area is 127 Å². The third-order valence-electron chi connectivity index (χ3n) is 3.78. The molecule has 0 aliphatic carbocycles. The molecule has 3 rings (SSSR count). The fourth-order valence-electron chi connectivity index (χ4n) is 2.72. The summed E-state index contributed by atoms with van der Waals surface area (Å²) in [6.45, 7) is 3.33. The summed E-state index contributed by atoms with van der Waals surface area (Å²) in [7, 11) is 0. The zero-order valence-corrected chi connectivity index (χ0v) is 12.4. The van der Waals surface area contributed by atoms with E-state index in [9.17, 15) is 10.2 Å². The van der Waals surface area contributed by atoms with Crippen LogP contribution in [-0.2, 0) is 19.5 Å². The number of hydrogen-bond acceptors (Lipinski definition) is 4. The van der Waals surface area contributed by atoms with Crippen LogP contribution in [0.3, 0.4) is 0 Å². The molecule has 3 aromatic rings. The first-order valence-corrected chi connectivity index (χ1v) is 7.31. The number of imidazole rings is 1. The Hall–Kier alpha value is -2.70. The van der Waals surface area contributed by atoms with Gasteiger partial charge in [-0.05, 0) is 18.9 Å². The molecule has 22 heavy (non-hydrogen) atoms. The van der Waals surface area contributed by atoms with Crippen molar-refractivity contribution in [1.82, 2.24) is 24.3 Å². The summed E-state index contributed by atoms with van der Waals surface area (Å²) in [5, 5.41) is 27.3. The maximum absolute atomic E-state index is 10.2. The number of nitrogens with one attached hydrogen (secondary N) is 1. The van der Waals surface area contributed by atoms with Crippen LogP contribution < -0.4 is 0 Å². The van der Waals surface area contributed by atoms with Crippen molar-refractivity contribution in [3.8, 4) is 23.0 Å². The van der Waals surface area contributed by atoms with Crippen LogP contribution in [0.4, 0.5) is 0 Å². The van der Waals surface area contributed by atoms with Gasteiger partial charge in [0.1, 0.15) is 0 Å². The Kier molecular flexibility index (Phi) is 3.86. The Balaban J connectivity index is 1.89. The van der Waals surface area contributed by atoms with E-state index in [1.807, 2.05) is 23.8 Å². The van der Waals surface area contributed by atoms with Crippen LogP contribution >= 0.6 is 0 Å². The van der Waals surface area contributed by atoms with Crippen molar-refractivity contribution < 1.29 is 10.2 Å². The topological polar surface area (TPSA) is 91.9 Å². The molecular formula is C15H19N5O2. The number of rotatable bonds is 6. The summed E-state index contributed by atoms with van der Waals surface area (Å²) >= 11 is 0. The predicted octanol–water partition coefficient (Wildman–Crippen LogP) is 2.14. The highest BCUT2D eigenvalue weighted by Crippen LogP contribution is 2.40. The number of aromatic hydroxyl groups is 2. The fourth-order valence-corrected chi connectivity index (χ4v) is 2.72. The summed E-state index contributed by atoms with van der Waals surface area (Å²) in [5.74, 6) is -0.137. The van der Waals surface area contributed by atoms with E-state index in [1.54, 1.807) is 23.3 Å². The van der Waals surface area contributed by atoms with Crippen LogP contribution in [0.15, 0.2) is 31.0 Å². The lowest BCUT2D eigenvalue weighted by Crippen LogP contribution is -2.05. The standard InChI is InChI=1S/C15H19N5O2/c1-2-11-13(12-4-5-17-18-12)20(15(22)14(11)21)8-3-7-19-9-6-16-10-19/h4-6,9-10,21-22H,2-3,7-8H2,1H3,(H,17,18). The van der Waals surface area contributed by atoms with Crippen molar-refractivity contribution in [3.63, 3.8) is 0 Å². The maximum atomic E-state index is 10.2. The van der Waals surface area contributed by atoms with E-state index in [4.69, 9.17) is 0 Å². The van der Waals surface area contributed by atoms with Crippen LogP contribution in [0.2, 0.25) is 0 Å². The van der Waals surface area contributed by atoms with E-state index < -0.39 is 0 Å². The molecule has 3 aromatic heterocycles. The molecule has 0 amide bonds. The number of aryl methyl sites for hydroxylation is 1. The first-order valence-electron chi connectivity index (χ1n) is 7.31. The largest absolute Gasteiger partial charge is 0.503 e. The predicted molar refractivity (Wildman–Crippen MR) is 81.6 cm³/mol. The van der Waals surface area contributed by atoms with Crippen molar-refractivity contribution in [2.75, 3.05) is 0 Å². The van der Waals surface area contributed by atoms with Gasteiger partial charge in [-0.25, -0.2) is 4.98 Å². The van der Waals surface area contributed by atoms with Crippen molar-refractivity contribution in [3.05, 3.63) is 36.5 Å². The van der Waals surface area contributed by atoms with Gasteiger partial charge >= 0.3 is 0 Å². The number of aromatic nitrogens is 5. The molecule has 0 aliphatic heterocycles. The first kappa shape index (κ1) is 14.2. The third-order valence-corrected chi connectivity index (χ3v) is 3.78. The second-order valence-corrected chi connectivity index (χ2v) is 5.13. The van der Waals surface area contributed by atoms with E-state index in [0.29, 0.717) is 13.0 Å². The van der Waals surface area contributed by atoms with Crippen LogP contribution in [0.1, 0.15) is 18.9 Å². The van der Waals surface area contributed by atoms with E-state index in [-0.39, 0.29) is 11.6 Å². The molecule has 116 valence electrons. The van der Waals surface area contributed by atoms with Crippen molar-refractivity contribution in [1.29, 1.82) is 0 Å². The highest BCUT2D eigenvalue weighted by molar-refractivity contribution is 5.67. The van der Waals surface area contributed by atoms with Gasteiger partial charge in [-0.3, -0.25) is 5.10 Å². The molecule has 3 N–H and O–H groups in total. The summed E-state index contributed by atoms with van der Waals surface area (Å²) in [6, 6.07) is 1.83. The first-order chi connectivity index (χ1) is 10.7. The van der Waals surface area contributed by atoms with Gasteiger partial charge in [0.15, 0.2) is 5.75 Å². The number of aromatic amines is 1. The lowest BCUT2D eigenvalue weighted by atomic mass is 10.1. The zero-order valence-electron chi connectivity index (χ0n) is 12.4. The molecule has 0 saturated heterocycles. The van der Waals surface area contributed by atoms with Crippen molar-refractivity contribution in [2.45, 2.75) is 32.9 Å². The van der Waals surface area contributed by atoms with Gasteiger partial charge in [-0.15, -0.1) is 0 Å². The number of hydrogen-bond donors (Lipinski definition) is 3. The fraction of sp³-hybridized carbons (Fsp3) is 0.333. The minimum Gasteiger partial charge on any atom is -0.503 e. The molecule has 0 radical (unpaired) electrons. The van der Waals surface area contributed by atoms with Gasteiger partial charge in [-0.2, -0.15) is 5.10 Å². The average Bonchev–Trinajstić information content (AvgIpc) is 3.24. The summed E-state index contributed by atoms with van der Waals surface area (Å²) in [5.41, 5.74) is 2.31. The van der Waals surface area contributed by atoms with Gasteiger partial charge in [0.05, 0.1) is 17.7 Å². The number of nitrogens with zero attached hydrogens (tertiary/aromatic N) is 4. The second kappa shape index (κ2) is 5.97. The monoisotopic (exact) mass is 301 g/mol. The molecule has 3 heterocycles. The van der Waals surface area contributed by atoms with Gasteiger partial charge in [0, 0.05) is 37.2 Å². The molecule has 0 unspecified atom stereocenters. The molecule has 0 aromatic carbocycles. The average molecular weight is 301 g/mol. The normalized spacial score (nSPS) is 11.1. The highest BCUT2D eigenvalue weighted by atomic mass is 16.3. The van der Waals surface area contributed by atoms with Crippen LogP contribution in [0.5, 0.6) is 11.6 Å². The van der Waals surface area contributed by atoms with Crippen LogP contribution in [0, 0.1) is 0 Å². The van der Waals surface area contributed by atoms with E-state index >= 15 is 0 Å². The second-order valence-electron chi connectivity index (χ2n) is 5.13. The Morgan fingerprint density at radius 1 is 1.23 bits per heavy atom. The lowest BCUT2D eigenvalue weighted by molar-refractivity contribution is 0.367. The Morgan fingerprint density at radius 3 is 2.73 bits per heavy atom. The molecule has 0 saturated carbocycles. The minimum atomic E-state index is -0.0907. The van der Waals surface area contributed by atoms with E-state index in [2.05, 4.69) is 15.2 Å². The summed E-state index contributed by atoms with van der Waals surface area (Å²) < 4.78 is 3.72. The van der Waals surface area contributed by atoms with Crippen molar-refractivity contribution in [2.24, 2.45) is 0 Å². The van der Waals surface area contributed by atoms with Crippen molar-refractivity contribution >= 4 is 0 Å². The van der Waals surface area contributed by atoms with Crippen LogP contribution in [-0.4, -0.2) is 34.5 Å². The molecular weight excluding hydrogens is 282 g/mol. The molecule has 7 heteroatoms. The molecule has 0 atom stereocenters. The minimum absolute atomic E-state index is 0.0465. The summed E-state index contributed by atoms with van der Waals surface area (Å²) in [4.78, 5) is 4.01. The van der Waals surface area contributed by atoms with Gasteiger partial charge < -0.3 is 19.3 Å². The van der Waals surface area contributed by atoms with E-state index in [1.165, 1.54) is 0 Å². The molecule has 7 nitrogen and oxygen atoms in total. The third kappa shape index (κ3) is 2.45. The van der Waals surface area contributed by atoms with Gasteiger partial charge in [0.2, 0.25) is 5.88 Å². The molecule has 0 fully saturated rings. The van der Waals surface area contributed by atoms with Gasteiger partial charge in [0.25, 0.3) is 0 Å². The molecule has 0 spiro atoms. The molecule has 0 aliphatic rings. The maximum Gasteiger partial charge on any atom is 0.235 e. The quantitative estimate of drug-likeness (QED) is 0.650. The smallest absolute Gasteiger partial charge is 0.235 e. The highest BCUT2D eigenvalue weighted by Gasteiger charge is 2.22. The van der Waals surface area contributed by atoms with Gasteiger partial charge in [-0.1, -0.05) is 6.92 Å². The number of H-pyrrole nitrogens is 1.